The molecular weight excluding hydrogens is 830 g/mol. The molecule has 0 spiro atoms. The number of aromatic nitrogens is 3. The number of aryl methyl sites for hydroxylation is 1. The van der Waals surface area contributed by atoms with Gasteiger partial charge in [0.2, 0.25) is 12.3 Å². The Hall–Kier alpha value is -6.72. The standard InChI is InChI=1S/C23H38N4O2.C21H20N6O3.C4H8FN/c1-6-7-13-21(23(29)25-3)27(18-28)20-15-14-19(17-22(20)26(4)5)12-10-8-9-11-16-24-2;1-22-19-10-20(25-27-18(14-30)11-23-21(19)27)24-16(13-29)4-3-9-26(2)17-7-5-15(12-28)6-8-17;1-6-4-2-3(4)5/h6,14-15,17-18,21,24H,1,7-13,16H2,2-5H3,(H,25,29);3-14,22H,1-2H3,(H,24,25);3-4,6H,2H2,1H3/b;9-3-,16-4+;/t;;3-,4+/m..0/s1. The van der Waals surface area contributed by atoms with Crippen LogP contribution in [-0.2, 0) is 20.8 Å². The molecule has 0 aliphatic heterocycles. The number of rotatable bonds is 25. The summed E-state index contributed by atoms with van der Waals surface area (Å²) < 4.78 is 13.1. The molecule has 2 heterocycles. The van der Waals surface area contributed by atoms with Crippen molar-refractivity contribution < 1.29 is 28.4 Å². The fourth-order valence-electron chi connectivity index (χ4n) is 6.60. The average molecular weight is 896 g/mol. The quantitative estimate of drug-likeness (QED) is 0.0172. The first-order chi connectivity index (χ1) is 31.4. The minimum Gasteiger partial charge on any atom is -0.385 e. The molecule has 17 heteroatoms. The summed E-state index contributed by atoms with van der Waals surface area (Å²) in [6.07, 6.45) is 18.3. The van der Waals surface area contributed by atoms with Gasteiger partial charge in [0.15, 0.2) is 24.0 Å². The van der Waals surface area contributed by atoms with Crippen LogP contribution in [0.3, 0.4) is 0 Å². The summed E-state index contributed by atoms with van der Waals surface area (Å²) in [5.41, 5.74) is 6.16. The Labute approximate surface area is 382 Å². The molecule has 1 aliphatic rings. The first-order valence-corrected chi connectivity index (χ1v) is 21.7. The van der Waals surface area contributed by atoms with Gasteiger partial charge in [-0.1, -0.05) is 25.0 Å². The molecule has 2 aromatic heterocycles. The van der Waals surface area contributed by atoms with Crippen molar-refractivity contribution in [1.29, 1.82) is 0 Å². The lowest BCUT2D eigenvalue weighted by atomic mass is 10.0. The highest BCUT2D eigenvalue weighted by Gasteiger charge is 2.35. The Morgan fingerprint density at radius 1 is 0.954 bits per heavy atom. The molecule has 0 saturated heterocycles. The van der Waals surface area contributed by atoms with Gasteiger partial charge < -0.3 is 41.3 Å². The number of nitrogens with one attached hydrogen (secondary N) is 5. The predicted molar refractivity (Wildman–Crippen MR) is 260 cm³/mol. The zero-order chi connectivity index (χ0) is 47.7. The highest BCUT2D eigenvalue weighted by molar-refractivity contribution is 5.95. The van der Waals surface area contributed by atoms with Gasteiger partial charge in [0.25, 0.3) is 0 Å². The van der Waals surface area contributed by atoms with Crippen LogP contribution in [0.4, 0.5) is 33.0 Å². The number of alkyl halides is 1. The maximum Gasteiger partial charge on any atom is 0.242 e. The van der Waals surface area contributed by atoms with Crippen LogP contribution in [0, 0.1) is 0 Å². The maximum atomic E-state index is 12.4. The van der Waals surface area contributed by atoms with Crippen LogP contribution in [0.1, 0.15) is 71.4 Å². The monoisotopic (exact) mass is 896 g/mol. The zero-order valence-corrected chi connectivity index (χ0v) is 38.7. The van der Waals surface area contributed by atoms with Crippen molar-refractivity contribution in [2.75, 3.05) is 81.2 Å². The van der Waals surface area contributed by atoms with Crippen molar-refractivity contribution in [1.82, 2.24) is 30.5 Å². The number of fused-ring (bicyclic) bond motifs is 1. The maximum absolute atomic E-state index is 12.4. The molecule has 1 saturated carbocycles. The van der Waals surface area contributed by atoms with E-state index in [4.69, 9.17) is 0 Å². The molecule has 350 valence electrons. The second-order valence-electron chi connectivity index (χ2n) is 15.4. The third-order valence-electron chi connectivity index (χ3n) is 10.5. The van der Waals surface area contributed by atoms with E-state index in [0.29, 0.717) is 53.8 Å². The van der Waals surface area contributed by atoms with Gasteiger partial charge in [-0.3, -0.25) is 24.0 Å². The van der Waals surface area contributed by atoms with Gasteiger partial charge in [-0.25, -0.2) is 13.9 Å². The number of aldehydes is 3. The van der Waals surface area contributed by atoms with Gasteiger partial charge in [-0.15, -0.1) is 11.7 Å². The van der Waals surface area contributed by atoms with Gasteiger partial charge in [0, 0.05) is 64.8 Å². The van der Waals surface area contributed by atoms with E-state index in [9.17, 15) is 28.4 Å². The molecule has 5 N–H and O–H groups in total. The van der Waals surface area contributed by atoms with Gasteiger partial charge in [0.1, 0.15) is 24.2 Å². The summed E-state index contributed by atoms with van der Waals surface area (Å²) in [6.45, 7) is 4.80. The van der Waals surface area contributed by atoms with E-state index in [2.05, 4.69) is 55.4 Å². The SMILES string of the molecule is C=CCCC(C(=O)NC)N(C=O)c1ccc(CCCCCCNC)cc1N(C)C.CN[C@@H]1C[C@@H]1F.CNc1cc(N/C(C=O)=C/C=C\N(C)c2ccc(C=O)cc2)nn2c(C=O)cnc12. The van der Waals surface area contributed by atoms with Crippen LogP contribution in [0.25, 0.3) is 5.65 Å². The molecule has 5 rings (SSSR count). The number of halogens is 1. The van der Waals surface area contributed by atoms with Crippen LogP contribution < -0.4 is 41.3 Å². The number of likely N-dealkylation sites (N-methyl/N-ethyl adjacent to an activating group) is 1. The normalized spacial score (nSPS) is 14.4. The first-order valence-electron chi connectivity index (χ1n) is 21.7. The molecule has 2 amide bonds. The molecule has 1 aliphatic carbocycles. The number of nitrogens with zero attached hydrogens (tertiary/aromatic N) is 6. The molecule has 4 aromatic rings. The van der Waals surface area contributed by atoms with Crippen molar-refractivity contribution in [3.8, 4) is 0 Å². The van der Waals surface area contributed by atoms with Crippen molar-refractivity contribution in [2.24, 2.45) is 0 Å². The van der Waals surface area contributed by atoms with Crippen LogP contribution >= 0.6 is 0 Å². The molecule has 0 bridgehead atoms. The van der Waals surface area contributed by atoms with Crippen molar-refractivity contribution in [3.63, 3.8) is 0 Å². The van der Waals surface area contributed by atoms with E-state index in [1.807, 2.05) is 56.2 Å². The van der Waals surface area contributed by atoms with Crippen LogP contribution in [0.2, 0.25) is 0 Å². The number of hydrogen-bond donors (Lipinski definition) is 5. The first kappa shape index (κ1) is 52.6. The summed E-state index contributed by atoms with van der Waals surface area (Å²) in [5, 5.41) is 18.9. The summed E-state index contributed by atoms with van der Waals surface area (Å²) >= 11 is 0. The van der Waals surface area contributed by atoms with Crippen molar-refractivity contribution in [3.05, 3.63) is 108 Å². The van der Waals surface area contributed by atoms with E-state index in [0.717, 1.165) is 55.6 Å². The van der Waals surface area contributed by atoms with Gasteiger partial charge in [0.05, 0.1) is 29.0 Å². The minimum atomic E-state index is -0.563. The molecule has 1 unspecified atom stereocenters. The largest absolute Gasteiger partial charge is 0.385 e. The second kappa shape index (κ2) is 28.2. The number of benzene rings is 2. The van der Waals surface area contributed by atoms with Gasteiger partial charge >= 0.3 is 0 Å². The highest BCUT2D eigenvalue weighted by Crippen LogP contribution is 2.32. The number of imidazole rings is 1. The summed E-state index contributed by atoms with van der Waals surface area (Å²) in [7, 11) is 12.9. The lowest BCUT2D eigenvalue weighted by Crippen LogP contribution is -2.46. The molecular formula is C48H66FN11O5. The smallest absolute Gasteiger partial charge is 0.242 e. The summed E-state index contributed by atoms with van der Waals surface area (Å²) in [5.74, 6) is 0.201. The van der Waals surface area contributed by atoms with Crippen LogP contribution in [0.5, 0.6) is 0 Å². The minimum absolute atomic E-state index is 0.172. The number of hydrogen-bond acceptors (Lipinski definition) is 13. The van der Waals surface area contributed by atoms with E-state index in [1.54, 1.807) is 68.7 Å². The topological polar surface area (TPSA) is 185 Å². The number of carbonyl (C=O) groups excluding carboxylic acids is 5. The third-order valence-corrected chi connectivity index (χ3v) is 10.5. The molecule has 65 heavy (non-hydrogen) atoms. The average Bonchev–Trinajstić information content (AvgIpc) is 3.90. The fourth-order valence-corrected chi connectivity index (χ4v) is 6.60. The molecule has 16 nitrogen and oxygen atoms in total. The van der Waals surface area contributed by atoms with Crippen LogP contribution in [0.15, 0.2) is 91.4 Å². The molecule has 0 radical (unpaired) electrons. The zero-order valence-electron chi connectivity index (χ0n) is 38.7. The number of anilines is 5. The highest BCUT2D eigenvalue weighted by atomic mass is 19.1. The van der Waals surface area contributed by atoms with Gasteiger partial charge in [-0.2, -0.15) is 0 Å². The Kier molecular flexibility index (Phi) is 22.8. The van der Waals surface area contributed by atoms with Crippen LogP contribution in [-0.4, -0.2) is 120 Å². The summed E-state index contributed by atoms with van der Waals surface area (Å²) in [6, 6.07) is 14.6. The van der Waals surface area contributed by atoms with Crippen molar-refractivity contribution in [2.45, 2.75) is 69.6 Å². The predicted octanol–water partition coefficient (Wildman–Crippen LogP) is 5.98. The molecule has 3 atom stereocenters. The van der Waals surface area contributed by atoms with E-state index in [1.165, 1.54) is 35.5 Å². The Bertz CT molecular complexity index is 2210. The van der Waals surface area contributed by atoms with Crippen molar-refractivity contribution >= 4 is 65.4 Å². The Balaban J connectivity index is 0.000000305. The summed E-state index contributed by atoms with van der Waals surface area (Å²) in [4.78, 5) is 67.4. The fraction of sp³-hybridized carbons (Fsp3) is 0.396. The molecule has 1 fully saturated rings. The second-order valence-corrected chi connectivity index (χ2v) is 15.4. The third kappa shape index (κ3) is 16.4. The lowest BCUT2D eigenvalue weighted by molar-refractivity contribution is -0.123. The Morgan fingerprint density at radius 2 is 1.68 bits per heavy atom. The number of amides is 2. The van der Waals surface area contributed by atoms with E-state index < -0.39 is 12.2 Å². The number of unbranched alkanes of at least 4 members (excludes halogenated alkanes) is 3. The molecule has 2 aromatic carbocycles. The van der Waals surface area contributed by atoms with E-state index >= 15 is 0 Å². The lowest BCUT2D eigenvalue weighted by Gasteiger charge is -2.30. The van der Waals surface area contributed by atoms with Gasteiger partial charge in [-0.05, 0) is 113 Å². The number of allylic oxidation sites excluding steroid dienone is 4. The van der Waals surface area contributed by atoms with E-state index in [-0.39, 0.29) is 17.6 Å². The number of carbonyl (C=O) groups is 5. The Morgan fingerprint density at radius 3 is 2.23 bits per heavy atom.